The van der Waals surface area contributed by atoms with Crippen molar-refractivity contribution < 1.29 is 0 Å². The molecule has 0 aliphatic carbocycles. The van der Waals surface area contributed by atoms with Crippen LogP contribution in [-0.4, -0.2) is 0 Å². The molecule has 138 valence electrons. The van der Waals surface area contributed by atoms with Gasteiger partial charge in [0.2, 0.25) is 0 Å². The van der Waals surface area contributed by atoms with Gasteiger partial charge < -0.3 is 5.32 Å². The van der Waals surface area contributed by atoms with Crippen LogP contribution in [0.2, 0.25) is 0 Å². The molecular formula is C26H29N. The van der Waals surface area contributed by atoms with E-state index in [-0.39, 0.29) is 0 Å². The summed E-state index contributed by atoms with van der Waals surface area (Å²) in [4.78, 5) is 0. The summed E-state index contributed by atoms with van der Waals surface area (Å²) >= 11 is 0. The third-order valence-electron chi connectivity index (χ3n) is 4.15. The number of hydrogen-bond acceptors (Lipinski definition) is 1. The lowest BCUT2D eigenvalue weighted by Crippen LogP contribution is -1.96. The lowest BCUT2D eigenvalue weighted by molar-refractivity contribution is 1.43. The normalized spacial score (nSPS) is 11.0. The zero-order chi connectivity index (χ0) is 19.5. The summed E-state index contributed by atoms with van der Waals surface area (Å²) in [6.07, 6.45) is 6.17. The van der Waals surface area contributed by atoms with E-state index in [2.05, 4.69) is 96.3 Å². The first-order valence-electron chi connectivity index (χ1n) is 9.62. The highest BCUT2D eigenvalue weighted by Crippen LogP contribution is 2.32. The van der Waals surface area contributed by atoms with Crippen molar-refractivity contribution in [2.75, 3.05) is 5.32 Å². The molecular weight excluding hydrogens is 326 g/mol. The van der Waals surface area contributed by atoms with Gasteiger partial charge in [-0.2, -0.15) is 0 Å². The molecule has 3 rings (SSSR count). The van der Waals surface area contributed by atoms with Gasteiger partial charge in [0.05, 0.1) is 0 Å². The molecule has 1 nitrogen and oxygen atoms in total. The number of allylic oxidation sites excluding steroid dienone is 3. The molecule has 0 amide bonds. The average molecular weight is 356 g/mol. The SMILES string of the molecule is C/C=C\C(=C/C)Nc1ccc(-c2ccccc2-c2ccccc2)cc1.CC. The van der Waals surface area contributed by atoms with Gasteiger partial charge in [-0.15, -0.1) is 0 Å². The molecule has 1 N–H and O–H groups in total. The molecule has 27 heavy (non-hydrogen) atoms. The first kappa shape index (κ1) is 20.3. The van der Waals surface area contributed by atoms with E-state index in [0.29, 0.717) is 0 Å². The molecule has 0 bridgehead atoms. The second kappa shape index (κ2) is 10.8. The maximum atomic E-state index is 3.43. The van der Waals surface area contributed by atoms with Crippen LogP contribution < -0.4 is 5.32 Å². The molecule has 3 aromatic rings. The van der Waals surface area contributed by atoms with Crippen LogP contribution in [0.4, 0.5) is 5.69 Å². The molecule has 3 aromatic carbocycles. The van der Waals surface area contributed by atoms with Crippen LogP contribution in [0.25, 0.3) is 22.3 Å². The van der Waals surface area contributed by atoms with Gasteiger partial charge in [-0.05, 0) is 54.3 Å². The second-order valence-electron chi connectivity index (χ2n) is 5.86. The third-order valence-corrected chi connectivity index (χ3v) is 4.15. The summed E-state index contributed by atoms with van der Waals surface area (Å²) < 4.78 is 0. The lowest BCUT2D eigenvalue weighted by Gasteiger charge is -2.12. The first-order valence-corrected chi connectivity index (χ1v) is 9.62. The van der Waals surface area contributed by atoms with Crippen LogP contribution in [0.1, 0.15) is 27.7 Å². The molecule has 0 fully saturated rings. The largest absolute Gasteiger partial charge is 0.356 e. The molecule has 0 heterocycles. The van der Waals surface area contributed by atoms with Crippen LogP contribution in [0.5, 0.6) is 0 Å². The van der Waals surface area contributed by atoms with Gasteiger partial charge >= 0.3 is 0 Å². The summed E-state index contributed by atoms with van der Waals surface area (Å²) in [6, 6.07) is 27.7. The van der Waals surface area contributed by atoms with Crippen molar-refractivity contribution in [1.29, 1.82) is 0 Å². The van der Waals surface area contributed by atoms with E-state index in [1.807, 2.05) is 33.8 Å². The summed E-state index contributed by atoms with van der Waals surface area (Å²) in [7, 11) is 0. The summed E-state index contributed by atoms with van der Waals surface area (Å²) in [6.45, 7) is 8.06. The van der Waals surface area contributed by atoms with Gasteiger partial charge in [0.25, 0.3) is 0 Å². The summed E-state index contributed by atoms with van der Waals surface area (Å²) in [5.74, 6) is 0. The molecule has 0 saturated heterocycles. The van der Waals surface area contributed by atoms with E-state index in [9.17, 15) is 0 Å². The predicted molar refractivity (Wildman–Crippen MR) is 121 cm³/mol. The Hall–Kier alpha value is -3.06. The summed E-state index contributed by atoms with van der Waals surface area (Å²) in [5, 5.41) is 3.43. The Bertz CT molecular complexity index is 872. The van der Waals surface area contributed by atoms with E-state index in [4.69, 9.17) is 0 Å². The minimum absolute atomic E-state index is 1.09. The molecule has 0 radical (unpaired) electrons. The minimum atomic E-state index is 1.09. The lowest BCUT2D eigenvalue weighted by atomic mass is 9.94. The van der Waals surface area contributed by atoms with Gasteiger partial charge in [-0.25, -0.2) is 0 Å². The standard InChI is InChI=1S/C24H23N.C2H6/c1-3-10-21(4-2)25-22-17-15-20(16-18-22)24-14-9-8-13-23(24)19-11-6-5-7-12-19;1-2/h3-18,25H,1-2H3;1-2H3/b10-3-,21-4+;. The van der Waals surface area contributed by atoms with Crippen molar-refractivity contribution >= 4 is 5.69 Å². The van der Waals surface area contributed by atoms with Gasteiger partial charge in [0, 0.05) is 11.4 Å². The fraction of sp³-hybridized carbons (Fsp3) is 0.154. The highest BCUT2D eigenvalue weighted by atomic mass is 14.9. The Morgan fingerprint density at radius 1 is 0.667 bits per heavy atom. The highest BCUT2D eigenvalue weighted by Gasteiger charge is 2.06. The zero-order valence-electron chi connectivity index (χ0n) is 16.7. The quantitative estimate of drug-likeness (QED) is 0.458. The van der Waals surface area contributed by atoms with Crippen molar-refractivity contribution in [3.8, 4) is 22.3 Å². The maximum absolute atomic E-state index is 3.43. The van der Waals surface area contributed by atoms with Crippen LogP contribution in [0.3, 0.4) is 0 Å². The Morgan fingerprint density at radius 2 is 1.19 bits per heavy atom. The molecule has 0 atom stereocenters. The maximum Gasteiger partial charge on any atom is 0.0384 e. The third kappa shape index (κ3) is 5.46. The van der Waals surface area contributed by atoms with Gasteiger partial charge in [-0.1, -0.05) is 92.7 Å². The molecule has 1 heteroatoms. The fourth-order valence-electron chi connectivity index (χ4n) is 2.89. The Morgan fingerprint density at radius 3 is 1.70 bits per heavy atom. The molecule has 0 aromatic heterocycles. The second-order valence-corrected chi connectivity index (χ2v) is 5.86. The Labute approximate surface area is 164 Å². The zero-order valence-corrected chi connectivity index (χ0v) is 16.7. The number of rotatable bonds is 5. The van der Waals surface area contributed by atoms with Crippen molar-refractivity contribution in [2.45, 2.75) is 27.7 Å². The molecule has 0 spiro atoms. The summed E-state index contributed by atoms with van der Waals surface area (Å²) in [5.41, 5.74) is 7.15. The molecule has 0 aliphatic rings. The van der Waals surface area contributed by atoms with Crippen LogP contribution in [0, 0.1) is 0 Å². The van der Waals surface area contributed by atoms with E-state index >= 15 is 0 Å². The number of anilines is 1. The van der Waals surface area contributed by atoms with Crippen LogP contribution in [0.15, 0.2) is 103 Å². The highest BCUT2D eigenvalue weighted by molar-refractivity contribution is 5.83. The van der Waals surface area contributed by atoms with Crippen molar-refractivity contribution in [3.05, 3.63) is 103 Å². The smallest absolute Gasteiger partial charge is 0.0384 e. The van der Waals surface area contributed by atoms with E-state index in [1.54, 1.807) is 0 Å². The minimum Gasteiger partial charge on any atom is -0.356 e. The van der Waals surface area contributed by atoms with E-state index < -0.39 is 0 Å². The number of hydrogen-bond donors (Lipinski definition) is 1. The Balaban J connectivity index is 0.00000126. The van der Waals surface area contributed by atoms with Gasteiger partial charge in [0.15, 0.2) is 0 Å². The number of benzene rings is 3. The first-order chi connectivity index (χ1) is 13.3. The topological polar surface area (TPSA) is 12.0 Å². The monoisotopic (exact) mass is 355 g/mol. The molecule has 0 aliphatic heterocycles. The van der Waals surface area contributed by atoms with Crippen LogP contribution >= 0.6 is 0 Å². The van der Waals surface area contributed by atoms with Crippen molar-refractivity contribution in [2.24, 2.45) is 0 Å². The molecule has 0 unspecified atom stereocenters. The fourth-order valence-corrected chi connectivity index (χ4v) is 2.89. The van der Waals surface area contributed by atoms with Gasteiger partial charge in [-0.3, -0.25) is 0 Å². The number of nitrogens with one attached hydrogen (secondary N) is 1. The van der Waals surface area contributed by atoms with E-state index in [0.717, 1.165) is 11.4 Å². The average Bonchev–Trinajstić information content (AvgIpc) is 2.76. The Kier molecular flexibility index (Phi) is 8.12. The van der Waals surface area contributed by atoms with Crippen molar-refractivity contribution in [3.63, 3.8) is 0 Å². The van der Waals surface area contributed by atoms with Crippen LogP contribution in [-0.2, 0) is 0 Å². The van der Waals surface area contributed by atoms with Crippen molar-refractivity contribution in [1.82, 2.24) is 0 Å². The van der Waals surface area contributed by atoms with Gasteiger partial charge in [0.1, 0.15) is 0 Å². The molecule has 0 saturated carbocycles. The predicted octanol–water partition coefficient (Wildman–Crippen LogP) is 7.94. The van der Waals surface area contributed by atoms with E-state index in [1.165, 1.54) is 22.3 Å².